The lowest BCUT2D eigenvalue weighted by atomic mass is 10.3. The molecule has 104 valence electrons. The Hall–Kier alpha value is -2.03. The van der Waals surface area contributed by atoms with E-state index in [1.54, 1.807) is 7.11 Å². The van der Waals surface area contributed by atoms with Crippen LogP contribution in [0.5, 0.6) is 0 Å². The lowest BCUT2D eigenvalue weighted by Crippen LogP contribution is -2.02. The molecule has 0 atom stereocenters. The van der Waals surface area contributed by atoms with Gasteiger partial charge in [-0.1, -0.05) is 11.6 Å². The van der Waals surface area contributed by atoms with Gasteiger partial charge in [0.25, 0.3) is 0 Å². The van der Waals surface area contributed by atoms with Gasteiger partial charge >= 0.3 is 0 Å². The molecule has 3 heterocycles. The van der Waals surface area contributed by atoms with Gasteiger partial charge in [-0.15, -0.1) is 0 Å². The zero-order chi connectivity index (χ0) is 14.1. The molecule has 2 N–H and O–H groups in total. The van der Waals surface area contributed by atoms with Crippen LogP contribution >= 0.6 is 11.6 Å². The SMILES string of the molecule is COCc1nn(-c2ncnc3nc[nH]c23)c(Cl)c1CO. The highest BCUT2D eigenvalue weighted by Crippen LogP contribution is 2.25. The Morgan fingerprint density at radius 1 is 1.40 bits per heavy atom. The van der Waals surface area contributed by atoms with Gasteiger partial charge in [-0.05, 0) is 0 Å². The zero-order valence-electron chi connectivity index (χ0n) is 10.5. The van der Waals surface area contributed by atoms with Crippen molar-refractivity contribution in [3.8, 4) is 5.82 Å². The summed E-state index contributed by atoms with van der Waals surface area (Å²) < 4.78 is 6.48. The van der Waals surface area contributed by atoms with Crippen molar-refractivity contribution < 1.29 is 9.84 Å². The molecule has 8 nitrogen and oxygen atoms in total. The van der Waals surface area contributed by atoms with Gasteiger partial charge in [-0.25, -0.2) is 19.6 Å². The molecule has 0 saturated heterocycles. The van der Waals surface area contributed by atoms with Crippen LogP contribution in [0, 0.1) is 0 Å². The fourth-order valence-electron chi connectivity index (χ4n) is 1.93. The Balaban J connectivity index is 2.21. The summed E-state index contributed by atoms with van der Waals surface area (Å²) in [6.07, 6.45) is 2.90. The number of aromatic nitrogens is 6. The maximum absolute atomic E-state index is 9.41. The number of halogens is 1. The Kier molecular flexibility index (Phi) is 3.35. The van der Waals surface area contributed by atoms with E-state index in [0.717, 1.165) is 0 Å². The second-order valence-corrected chi connectivity index (χ2v) is 4.38. The number of aromatic amines is 1. The van der Waals surface area contributed by atoms with Gasteiger partial charge in [-0.2, -0.15) is 5.10 Å². The number of aliphatic hydroxyl groups excluding tert-OH is 1. The quantitative estimate of drug-likeness (QED) is 0.739. The summed E-state index contributed by atoms with van der Waals surface area (Å²) in [7, 11) is 1.55. The first-order valence-corrected chi connectivity index (χ1v) is 6.14. The van der Waals surface area contributed by atoms with E-state index in [0.29, 0.717) is 28.2 Å². The zero-order valence-corrected chi connectivity index (χ0v) is 11.3. The number of ether oxygens (including phenoxy) is 1. The molecular weight excluding hydrogens is 284 g/mol. The fourth-order valence-corrected chi connectivity index (χ4v) is 2.22. The van der Waals surface area contributed by atoms with Crippen molar-refractivity contribution in [1.29, 1.82) is 0 Å². The van der Waals surface area contributed by atoms with Crippen molar-refractivity contribution in [3.63, 3.8) is 0 Å². The topological polar surface area (TPSA) is 102 Å². The van der Waals surface area contributed by atoms with Gasteiger partial charge in [0.05, 0.1) is 25.2 Å². The Morgan fingerprint density at radius 3 is 3.00 bits per heavy atom. The van der Waals surface area contributed by atoms with Gasteiger partial charge < -0.3 is 14.8 Å². The smallest absolute Gasteiger partial charge is 0.184 e. The van der Waals surface area contributed by atoms with E-state index in [1.807, 2.05) is 0 Å². The largest absolute Gasteiger partial charge is 0.391 e. The van der Waals surface area contributed by atoms with Gasteiger partial charge in [0, 0.05) is 12.7 Å². The average Bonchev–Trinajstić information content (AvgIpc) is 3.03. The van der Waals surface area contributed by atoms with E-state index in [4.69, 9.17) is 16.3 Å². The predicted octanol–water partition coefficient (Wildman–Crippen LogP) is 0.831. The van der Waals surface area contributed by atoms with Crippen LogP contribution in [-0.2, 0) is 18.0 Å². The molecule has 0 fully saturated rings. The van der Waals surface area contributed by atoms with Crippen molar-refractivity contribution in [1.82, 2.24) is 29.7 Å². The van der Waals surface area contributed by atoms with Gasteiger partial charge in [0.15, 0.2) is 11.5 Å². The third kappa shape index (κ3) is 1.94. The summed E-state index contributed by atoms with van der Waals surface area (Å²) in [4.78, 5) is 15.2. The van der Waals surface area contributed by atoms with Gasteiger partial charge in [0.1, 0.15) is 17.0 Å². The Morgan fingerprint density at radius 2 is 2.25 bits per heavy atom. The fraction of sp³-hybridized carbons (Fsp3) is 0.273. The minimum atomic E-state index is -0.227. The molecule has 20 heavy (non-hydrogen) atoms. The minimum Gasteiger partial charge on any atom is -0.391 e. The molecule has 9 heteroatoms. The minimum absolute atomic E-state index is 0.227. The molecule has 3 rings (SSSR count). The molecule has 0 amide bonds. The lowest BCUT2D eigenvalue weighted by molar-refractivity contribution is 0.178. The summed E-state index contributed by atoms with van der Waals surface area (Å²) in [6, 6.07) is 0. The molecule has 0 radical (unpaired) electrons. The van der Waals surface area contributed by atoms with E-state index in [2.05, 4.69) is 25.0 Å². The van der Waals surface area contributed by atoms with Gasteiger partial charge in [-0.3, -0.25) is 0 Å². The van der Waals surface area contributed by atoms with Crippen molar-refractivity contribution in [2.75, 3.05) is 7.11 Å². The van der Waals surface area contributed by atoms with E-state index in [-0.39, 0.29) is 18.4 Å². The van der Waals surface area contributed by atoms with Crippen LogP contribution in [0.3, 0.4) is 0 Å². The molecule has 3 aromatic rings. The van der Waals surface area contributed by atoms with Crippen molar-refractivity contribution in [3.05, 3.63) is 29.1 Å². The Bertz CT molecular complexity index is 753. The highest BCUT2D eigenvalue weighted by molar-refractivity contribution is 6.30. The standard InChI is InChI=1S/C11H11ClN6O2/c1-20-3-7-6(2-19)9(12)18(17-7)11-8-10(14-4-13-8)15-5-16-11/h4-5,19H,2-3H2,1H3,(H,13,14,15,16). The van der Waals surface area contributed by atoms with Crippen LogP contribution < -0.4 is 0 Å². The van der Waals surface area contributed by atoms with Crippen molar-refractivity contribution in [2.24, 2.45) is 0 Å². The first-order chi connectivity index (χ1) is 9.76. The summed E-state index contributed by atoms with van der Waals surface area (Å²) in [5.41, 5.74) is 2.21. The van der Waals surface area contributed by atoms with Gasteiger partial charge in [0.2, 0.25) is 0 Å². The second-order valence-electron chi connectivity index (χ2n) is 4.02. The molecule has 0 aliphatic heterocycles. The summed E-state index contributed by atoms with van der Waals surface area (Å²) in [6.45, 7) is 0.0224. The van der Waals surface area contributed by atoms with Crippen LogP contribution in [0.1, 0.15) is 11.3 Å². The summed E-state index contributed by atoms with van der Waals surface area (Å²) >= 11 is 6.26. The predicted molar refractivity (Wildman–Crippen MR) is 70.5 cm³/mol. The number of rotatable bonds is 4. The van der Waals surface area contributed by atoms with Crippen LogP contribution in [0.15, 0.2) is 12.7 Å². The number of methoxy groups -OCH3 is 1. The maximum Gasteiger partial charge on any atom is 0.184 e. The second kappa shape index (κ2) is 5.16. The van der Waals surface area contributed by atoms with Crippen molar-refractivity contribution >= 4 is 22.8 Å². The number of nitrogens with zero attached hydrogens (tertiary/aromatic N) is 5. The number of hydrogen-bond acceptors (Lipinski definition) is 6. The highest BCUT2D eigenvalue weighted by atomic mass is 35.5. The van der Waals surface area contributed by atoms with E-state index in [1.165, 1.54) is 17.3 Å². The third-order valence-electron chi connectivity index (χ3n) is 2.85. The monoisotopic (exact) mass is 294 g/mol. The highest BCUT2D eigenvalue weighted by Gasteiger charge is 2.19. The van der Waals surface area contributed by atoms with E-state index < -0.39 is 0 Å². The average molecular weight is 295 g/mol. The number of aliphatic hydroxyl groups is 1. The van der Waals surface area contributed by atoms with Crippen LogP contribution in [0.2, 0.25) is 5.15 Å². The normalized spacial score (nSPS) is 11.3. The number of fused-ring (bicyclic) bond motifs is 1. The van der Waals surface area contributed by atoms with Crippen LogP contribution in [-0.4, -0.2) is 41.9 Å². The maximum atomic E-state index is 9.41. The lowest BCUT2D eigenvalue weighted by Gasteiger charge is -2.02. The molecule has 0 aliphatic carbocycles. The number of nitrogens with one attached hydrogen (secondary N) is 1. The van der Waals surface area contributed by atoms with E-state index >= 15 is 0 Å². The molecular formula is C11H11ClN6O2. The molecule has 0 unspecified atom stereocenters. The molecule has 0 aromatic carbocycles. The van der Waals surface area contributed by atoms with Crippen molar-refractivity contribution in [2.45, 2.75) is 13.2 Å². The first kappa shape index (κ1) is 13.0. The first-order valence-electron chi connectivity index (χ1n) is 5.76. The number of imidazole rings is 1. The van der Waals surface area contributed by atoms with E-state index in [9.17, 15) is 5.11 Å². The summed E-state index contributed by atoms with van der Waals surface area (Å²) in [5, 5.41) is 14.0. The van der Waals surface area contributed by atoms with Crippen LogP contribution in [0.4, 0.5) is 0 Å². The number of hydrogen-bond donors (Lipinski definition) is 2. The number of H-pyrrole nitrogens is 1. The van der Waals surface area contributed by atoms with Crippen LogP contribution in [0.25, 0.3) is 17.0 Å². The molecule has 0 saturated carbocycles. The Labute approximate surface area is 118 Å². The summed E-state index contributed by atoms with van der Waals surface area (Å²) in [5.74, 6) is 0.467. The molecule has 3 aromatic heterocycles. The molecule has 0 spiro atoms. The molecule has 0 bridgehead atoms. The molecule has 0 aliphatic rings. The third-order valence-corrected chi connectivity index (χ3v) is 3.24.